The second-order valence-corrected chi connectivity index (χ2v) is 8.61. The number of carbonyl (C=O) groups excluding carboxylic acids is 1. The number of rotatable bonds is 9. The zero-order valence-corrected chi connectivity index (χ0v) is 20.1. The molecule has 35 heavy (non-hydrogen) atoms. The average molecular weight is 471 g/mol. The Bertz CT molecular complexity index is 1420. The molecule has 0 saturated heterocycles. The first-order valence-electron chi connectivity index (χ1n) is 11.8. The number of para-hydroxylation sites is 2. The van der Waals surface area contributed by atoms with E-state index in [-0.39, 0.29) is 12.5 Å². The van der Waals surface area contributed by atoms with Crippen LogP contribution in [-0.4, -0.2) is 40.1 Å². The minimum atomic E-state index is -0.549. The van der Waals surface area contributed by atoms with Gasteiger partial charge in [0, 0.05) is 31.7 Å². The Morgan fingerprint density at radius 3 is 2.06 bits per heavy atom. The average Bonchev–Trinajstić information content (AvgIpc) is 2.88. The van der Waals surface area contributed by atoms with Crippen LogP contribution in [-0.2, 0) is 19.6 Å². The van der Waals surface area contributed by atoms with Crippen molar-refractivity contribution in [2.24, 2.45) is 0 Å². The summed E-state index contributed by atoms with van der Waals surface area (Å²) < 4.78 is 3.00. The maximum Gasteiger partial charge on any atom is 0.317 e. The minimum absolute atomic E-state index is 0.141. The molecule has 0 aliphatic carbocycles. The first-order chi connectivity index (χ1) is 17.0. The molecule has 180 valence electrons. The van der Waals surface area contributed by atoms with Crippen LogP contribution < -0.4 is 16.4 Å². The summed E-state index contributed by atoms with van der Waals surface area (Å²) in [5.74, 6) is -0.141. The zero-order valence-electron chi connectivity index (χ0n) is 20.1. The van der Waals surface area contributed by atoms with Gasteiger partial charge in [0.2, 0.25) is 0 Å². The molecule has 1 N–H and O–H groups in total. The molecule has 0 unspecified atom stereocenters. The summed E-state index contributed by atoms with van der Waals surface area (Å²) in [6, 6.07) is 24.8. The van der Waals surface area contributed by atoms with E-state index < -0.39 is 11.1 Å². The number of fused-ring (bicyclic) bond motifs is 1. The molecule has 0 saturated carbocycles. The Balaban J connectivity index is 1.40. The Hall–Kier alpha value is -3.97. The predicted molar refractivity (Wildman–Crippen MR) is 139 cm³/mol. The van der Waals surface area contributed by atoms with Gasteiger partial charge in [-0.2, -0.15) is 0 Å². The topological polar surface area (TPSA) is 76.3 Å². The van der Waals surface area contributed by atoms with Crippen LogP contribution in [0.1, 0.15) is 28.4 Å². The number of aryl methyl sites for hydroxylation is 1. The summed E-state index contributed by atoms with van der Waals surface area (Å²) in [6.45, 7) is 4.63. The number of nitrogens with zero attached hydrogens (tertiary/aromatic N) is 3. The van der Waals surface area contributed by atoms with Crippen molar-refractivity contribution in [3.63, 3.8) is 0 Å². The summed E-state index contributed by atoms with van der Waals surface area (Å²) in [5.41, 5.74) is 2.98. The van der Waals surface area contributed by atoms with Gasteiger partial charge in [-0.05, 0) is 49.4 Å². The van der Waals surface area contributed by atoms with Crippen molar-refractivity contribution in [1.29, 1.82) is 0 Å². The smallest absolute Gasteiger partial charge is 0.317 e. The summed E-state index contributed by atoms with van der Waals surface area (Å²) >= 11 is 0. The van der Waals surface area contributed by atoms with Crippen molar-refractivity contribution in [2.75, 3.05) is 20.1 Å². The third kappa shape index (κ3) is 5.58. The number of amides is 1. The number of nitrogens with one attached hydrogen (secondary N) is 1. The monoisotopic (exact) mass is 470 g/mol. The fourth-order valence-electron chi connectivity index (χ4n) is 4.22. The van der Waals surface area contributed by atoms with Crippen molar-refractivity contribution in [1.82, 2.24) is 19.4 Å². The van der Waals surface area contributed by atoms with Crippen LogP contribution in [0.15, 0.2) is 88.5 Å². The number of likely N-dealkylation sites (N-methyl/N-ethyl adjacent to an activating group) is 1. The molecule has 0 spiro atoms. The molecule has 1 aromatic heterocycles. The Morgan fingerprint density at radius 2 is 1.40 bits per heavy atom. The number of benzene rings is 3. The van der Waals surface area contributed by atoms with E-state index in [1.54, 1.807) is 12.1 Å². The zero-order chi connectivity index (χ0) is 24.8. The third-order valence-corrected chi connectivity index (χ3v) is 6.08. The molecular formula is C28H30N4O3. The van der Waals surface area contributed by atoms with Gasteiger partial charge >= 0.3 is 11.1 Å². The van der Waals surface area contributed by atoms with E-state index >= 15 is 0 Å². The molecule has 0 aliphatic heterocycles. The summed E-state index contributed by atoms with van der Waals surface area (Å²) in [6.07, 6.45) is 0. The van der Waals surface area contributed by atoms with Crippen LogP contribution in [0.3, 0.4) is 0 Å². The second-order valence-electron chi connectivity index (χ2n) is 8.61. The van der Waals surface area contributed by atoms with Crippen molar-refractivity contribution < 1.29 is 4.79 Å². The second kappa shape index (κ2) is 11.0. The highest BCUT2D eigenvalue weighted by Gasteiger charge is 2.13. The van der Waals surface area contributed by atoms with E-state index in [4.69, 9.17) is 0 Å². The van der Waals surface area contributed by atoms with Gasteiger partial charge < -0.3 is 14.8 Å². The molecule has 0 atom stereocenters. The lowest BCUT2D eigenvalue weighted by Crippen LogP contribution is -2.41. The number of carbonyl (C=O) groups is 1. The third-order valence-electron chi connectivity index (χ3n) is 6.08. The van der Waals surface area contributed by atoms with Crippen LogP contribution in [0.5, 0.6) is 0 Å². The van der Waals surface area contributed by atoms with Crippen LogP contribution in [0.2, 0.25) is 0 Å². The van der Waals surface area contributed by atoms with Gasteiger partial charge in [-0.1, -0.05) is 54.6 Å². The first kappa shape index (κ1) is 24.2. The van der Waals surface area contributed by atoms with Crippen LogP contribution in [0.25, 0.3) is 11.0 Å². The van der Waals surface area contributed by atoms with Crippen molar-refractivity contribution in [3.8, 4) is 0 Å². The van der Waals surface area contributed by atoms with Gasteiger partial charge in [-0.25, -0.2) is 0 Å². The van der Waals surface area contributed by atoms with E-state index in [9.17, 15) is 14.4 Å². The van der Waals surface area contributed by atoms with Gasteiger partial charge in [0.05, 0.1) is 17.6 Å². The van der Waals surface area contributed by atoms with E-state index in [1.807, 2.05) is 68.6 Å². The number of aromatic nitrogens is 2. The number of hydrogen-bond acceptors (Lipinski definition) is 4. The van der Waals surface area contributed by atoms with Crippen molar-refractivity contribution >= 4 is 16.9 Å². The lowest BCUT2D eigenvalue weighted by Gasteiger charge is -2.17. The predicted octanol–water partition coefficient (Wildman–Crippen LogP) is 3.09. The van der Waals surface area contributed by atoms with E-state index in [2.05, 4.69) is 22.3 Å². The molecule has 3 aromatic carbocycles. The standard InChI is InChI=1S/C28H30N4O3/c1-3-31-24-11-7-8-12-25(24)32(28(35)27(31)34)20-22-13-15-23(16-14-22)26(33)29-17-18-30(2)19-21-9-5-4-6-10-21/h4-16H,3,17-20H2,1-2H3,(H,29,33). The fraction of sp³-hybridized carbons (Fsp3) is 0.250. The Labute approximate surface area is 204 Å². The molecule has 0 aliphatic rings. The quantitative estimate of drug-likeness (QED) is 0.382. The van der Waals surface area contributed by atoms with Gasteiger partial charge in [0.25, 0.3) is 5.91 Å². The van der Waals surface area contributed by atoms with Gasteiger partial charge in [-0.15, -0.1) is 0 Å². The molecule has 7 nitrogen and oxygen atoms in total. The van der Waals surface area contributed by atoms with Gasteiger partial charge in [0.15, 0.2) is 0 Å². The van der Waals surface area contributed by atoms with E-state index in [0.29, 0.717) is 24.2 Å². The molecular weight excluding hydrogens is 440 g/mol. The highest BCUT2D eigenvalue weighted by molar-refractivity contribution is 5.94. The molecule has 0 bridgehead atoms. The largest absolute Gasteiger partial charge is 0.351 e. The molecule has 0 fully saturated rings. The molecule has 0 radical (unpaired) electrons. The normalized spacial score (nSPS) is 11.2. The molecule has 4 aromatic rings. The summed E-state index contributed by atoms with van der Waals surface area (Å²) in [5, 5.41) is 2.96. The van der Waals surface area contributed by atoms with E-state index in [1.165, 1.54) is 14.7 Å². The van der Waals surface area contributed by atoms with Crippen molar-refractivity contribution in [3.05, 3.63) is 116 Å². The van der Waals surface area contributed by atoms with Gasteiger partial charge in [0.1, 0.15) is 0 Å². The summed E-state index contributed by atoms with van der Waals surface area (Å²) in [7, 11) is 2.03. The van der Waals surface area contributed by atoms with Gasteiger partial charge in [-0.3, -0.25) is 19.0 Å². The first-order valence-corrected chi connectivity index (χ1v) is 11.8. The maximum absolute atomic E-state index is 12.8. The Morgan fingerprint density at radius 1 is 0.800 bits per heavy atom. The SMILES string of the molecule is CCn1c(=O)c(=O)n(Cc2ccc(C(=O)NCCN(C)Cc3ccccc3)cc2)c2ccccc21. The maximum atomic E-state index is 12.8. The highest BCUT2D eigenvalue weighted by Crippen LogP contribution is 2.13. The highest BCUT2D eigenvalue weighted by atomic mass is 16.2. The van der Waals surface area contributed by atoms with Crippen LogP contribution >= 0.6 is 0 Å². The fourth-order valence-corrected chi connectivity index (χ4v) is 4.22. The minimum Gasteiger partial charge on any atom is -0.351 e. The number of hydrogen-bond donors (Lipinski definition) is 1. The lowest BCUT2D eigenvalue weighted by molar-refractivity contribution is 0.0949. The Kier molecular flexibility index (Phi) is 7.57. The molecule has 7 heteroatoms. The lowest BCUT2D eigenvalue weighted by atomic mass is 10.1. The molecule has 4 rings (SSSR count). The summed E-state index contributed by atoms with van der Waals surface area (Å²) in [4.78, 5) is 40.1. The van der Waals surface area contributed by atoms with Crippen LogP contribution in [0, 0.1) is 0 Å². The van der Waals surface area contributed by atoms with Crippen molar-refractivity contribution in [2.45, 2.75) is 26.6 Å². The van der Waals surface area contributed by atoms with Crippen LogP contribution in [0.4, 0.5) is 0 Å². The van der Waals surface area contributed by atoms with E-state index in [0.717, 1.165) is 24.2 Å². The molecule has 1 amide bonds. The molecule has 1 heterocycles.